The number of aromatic hydroxyl groups is 1. The SMILES string of the molecule is CCOC(=O)c1ccc(CN2C(=O)C(=O)/C(=C(/O)c3cccc(OCC(C)C)c3)C2c2ccc(O)cc2)cc1. The van der Waals surface area contributed by atoms with Crippen molar-refractivity contribution in [2.75, 3.05) is 13.2 Å². The van der Waals surface area contributed by atoms with Crippen molar-refractivity contribution in [2.45, 2.75) is 33.4 Å². The molecule has 0 bridgehead atoms. The first-order chi connectivity index (χ1) is 18.7. The summed E-state index contributed by atoms with van der Waals surface area (Å²) in [6.07, 6.45) is 0. The first-order valence-electron chi connectivity index (χ1n) is 12.8. The minimum absolute atomic E-state index is 0.0280. The number of Topliss-reactive ketones (excluding diaryl/α,β-unsaturated/α-hetero) is 1. The highest BCUT2D eigenvalue weighted by Crippen LogP contribution is 2.41. The second-order valence-electron chi connectivity index (χ2n) is 9.67. The van der Waals surface area contributed by atoms with E-state index in [1.54, 1.807) is 67.6 Å². The lowest BCUT2D eigenvalue weighted by Gasteiger charge is -2.25. The van der Waals surface area contributed by atoms with Gasteiger partial charge in [0.15, 0.2) is 0 Å². The molecule has 1 atom stereocenters. The van der Waals surface area contributed by atoms with Gasteiger partial charge in [-0.15, -0.1) is 0 Å². The van der Waals surface area contributed by atoms with E-state index in [-0.39, 0.29) is 30.2 Å². The summed E-state index contributed by atoms with van der Waals surface area (Å²) in [5.74, 6) is -1.49. The molecule has 8 nitrogen and oxygen atoms in total. The van der Waals surface area contributed by atoms with Crippen molar-refractivity contribution in [1.82, 2.24) is 4.90 Å². The fraction of sp³-hybridized carbons (Fsp3) is 0.258. The Morgan fingerprint density at radius 1 is 0.974 bits per heavy atom. The van der Waals surface area contributed by atoms with Crippen LogP contribution in [0, 0.1) is 5.92 Å². The predicted molar refractivity (Wildman–Crippen MR) is 145 cm³/mol. The molecule has 1 heterocycles. The largest absolute Gasteiger partial charge is 0.508 e. The van der Waals surface area contributed by atoms with Crippen LogP contribution in [-0.4, -0.2) is 46.0 Å². The molecule has 0 aromatic heterocycles. The minimum Gasteiger partial charge on any atom is -0.508 e. The molecule has 0 radical (unpaired) electrons. The van der Waals surface area contributed by atoms with Crippen molar-refractivity contribution in [3.8, 4) is 11.5 Å². The van der Waals surface area contributed by atoms with Crippen LogP contribution in [0.25, 0.3) is 5.76 Å². The molecule has 39 heavy (non-hydrogen) atoms. The highest BCUT2D eigenvalue weighted by Gasteiger charge is 2.46. The van der Waals surface area contributed by atoms with Crippen molar-refractivity contribution in [3.63, 3.8) is 0 Å². The van der Waals surface area contributed by atoms with Crippen molar-refractivity contribution in [1.29, 1.82) is 0 Å². The number of ether oxygens (including phenoxy) is 2. The lowest BCUT2D eigenvalue weighted by Crippen LogP contribution is -2.29. The first-order valence-corrected chi connectivity index (χ1v) is 12.8. The Balaban J connectivity index is 1.74. The number of benzene rings is 3. The van der Waals surface area contributed by atoms with Gasteiger partial charge in [-0.25, -0.2) is 4.79 Å². The number of esters is 1. The molecule has 3 aromatic carbocycles. The van der Waals surface area contributed by atoms with Gasteiger partial charge in [-0.1, -0.05) is 50.2 Å². The van der Waals surface area contributed by atoms with Gasteiger partial charge in [0.05, 0.1) is 30.4 Å². The van der Waals surface area contributed by atoms with E-state index in [4.69, 9.17) is 9.47 Å². The van der Waals surface area contributed by atoms with Crippen LogP contribution in [0.3, 0.4) is 0 Å². The van der Waals surface area contributed by atoms with Crippen LogP contribution in [0.1, 0.15) is 53.9 Å². The van der Waals surface area contributed by atoms with Crippen LogP contribution < -0.4 is 4.74 Å². The van der Waals surface area contributed by atoms with E-state index in [0.717, 1.165) is 0 Å². The third-order valence-electron chi connectivity index (χ3n) is 6.26. The van der Waals surface area contributed by atoms with Gasteiger partial charge in [-0.3, -0.25) is 9.59 Å². The number of phenolic OH excluding ortho intramolecular Hbond substituents is 1. The number of hydrogen-bond donors (Lipinski definition) is 2. The van der Waals surface area contributed by atoms with Crippen LogP contribution >= 0.6 is 0 Å². The van der Waals surface area contributed by atoms with Gasteiger partial charge in [0, 0.05) is 12.1 Å². The van der Waals surface area contributed by atoms with Crippen LogP contribution in [0.4, 0.5) is 0 Å². The third-order valence-corrected chi connectivity index (χ3v) is 6.26. The molecule has 8 heteroatoms. The maximum Gasteiger partial charge on any atom is 0.338 e. The standard InChI is InChI=1S/C31H31NO7/c1-4-38-31(37)22-10-8-20(9-11-22)17-32-27(21-12-14-24(33)15-13-21)26(29(35)30(32)36)28(34)23-6-5-7-25(16-23)39-18-19(2)3/h5-16,19,27,33-34H,4,17-18H2,1-3H3/b28-26+. The summed E-state index contributed by atoms with van der Waals surface area (Å²) in [7, 11) is 0. The summed E-state index contributed by atoms with van der Waals surface area (Å²) in [6, 6.07) is 18.6. The van der Waals surface area contributed by atoms with E-state index in [1.807, 2.05) is 13.8 Å². The quantitative estimate of drug-likeness (QED) is 0.169. The molecule has 202 valence electrons. The van der Waals surface area contributed by atoms with Crippen molar-refractivity contribution >= 4 is 23.4 Å². The lowest BCUT2D eigenvalue weighted by atomic mass is 9.95. The number of likely N-dealkylation sites (tertiary alicyclic amines) is 1. The Hall–Kier alpha value is -4.59. The molecule has 1 aliphatic rings. The fourth-order valence-electron chi connectivity index (χ4n) is 4.36. The average Bonchev–Trinajstić information content (AvgIpc) is 3.17. The molecule has 1 fully saturated rings. The summed E-state index contributed by atoms with van der Waals surface area (Å²) in [4.78, 5) is 40.0. The highest BCUT2D eigenvalue weighted by atomic mass is 16.5. The van der Waals surface area contributed by atoms with E-state index in [2.05, 4.69) is 0 Å². The summed E-state index contributed by atoms with van der Waals surface area (Å²) in [5.41, 5.74) is 1.88. The number of rotatable bonds is 9. The second kappa shape index (κ2) is 11.9. The average molecular weight is 530 g/mol. The van der Waals surface area contributed by atoms with E-state index in [9.17, 15) is 24.6 Å². The number of nitrogens with zero attached hydrogens (tertiary/aromatic N) is 1. The molecule has 3 aromatic rings. The van der Waals surface area contributed by atoms with Gasteiger partial charge in [0.1, 0.15) is 17.3 Å². The summed E-state index contributed by atoms with van der Waals surface area (Å²) >= 11 is 0. The van der Waals surface area contributed by atoms with Crippen molar-refractivity contribution in [3.05, 3.63) is 101 Å². The van der Waals surface area contributed by atoms with Crippen LogP contribution in [0.5, 0.6) is 11.5 Å². The van der Waals surface area contributed by atoms with Crippen molar-refractivity contribution < 1.29 is 34.1 Å². The second-order valence-corrected chi connectivity index (χ2v) is 9.67. The molecule has 4 rings (SSSR count). The zero-order chi connectivity index (χ0) is 28.1. The molecule has 1 aliphatic heterocycles. The molecular formula is C31H31NO7. The lowest BCUT2D eigenvalue weighted by molar-refractivity contribution is -0.140. The fourth-order valence-corrected chi connectivity index (χ4v) is 4.36. The molecule has 0 spiro atoms. The van der Waals surface area contributed by atoms with E-state index in [0.29, 0.717) is 40.5 Å². The number of amides is 1. The Kier molecular flexibility index (Phi) is 8.34. The number of aliphatic hydroxyl groups excluding tert-OH is 1. The van der Waals surface area contributed by atoms with Gasteiger partial charge < -0.3 is 24.6 Å². The van der Waals surface area contributed by atoms with Crippen LogP contribution in [0.2, 0.25) is 0 Å². The minimum atomic E-state index is -0.907. The summed E-state index contributed by atoms with van der Waals surface area (Å²) in [5, 5.41) is 21.2. The zero-order valence-corrected chi connectivity index (χ0v) is 22.1. The first kappa shape index (κ1) is 27.4. The highest BCUT2D eigenvalue weighted by molar-refractivity contribution is 6.46. The summed E-state index contributed by atoms with van der Waals surface area (Å²) < 4.78 is 10.8. The number of carbonyl (C=O) groups excluding carboxylic acids is 3. The molecule has 0 saturated carbocycles. The predicted octanol–water partition coefficient (Wildman–Crippen LogP) is 5.23. The number of phenols is 1. The van der Waals surface area contributed by atoms with Gasteiger partial charge in [0.25, 0.3) is 11.7 Å². The van der Waals surface area contributed by atoms with Gasteiger partial charge in [-0.2, -0.15) is 0 Å². The maximum absolute atomic E-state index is 13.3. The molecule has 0 aliphatic carbocycles. The van der Waals surface area contributed by atoms with Gasteiger partial charge in [-0.05, 0) is 60.4 Å². The van der Waals surface area contributed by atoms with Crippen LogP contribution in [-0.2, 0) is 20.9 Å². The number of hydrogen-bond acceptors (Lipinski definition) is 7. The Morgan fingerprint density at radius 3 is 2.31 bits per heavy atom. The topological polar surface area (TPSA) is 113 Å². The molecule has 1 saturated heterocycles. The molecule has 1 unspecified atom stereocenters. The normalized spacial score (nSPS) is 16.5. The van der Waals surface area contributed by atoms with E-state index < -0.39 is 23.7 Å². The van der Waals surface area contributed by atoms with E-state index in [1.165, 1.54) is 17.0 Å². The monoisotopic (exact) mass is 529 g/mol. The maximum atomic E-state index is 13.3. The number of aliphatic hydroxyl groups is 1. The Morgan fingerprint density at radius 2 is 1.67 bits per heavy atom. The number of carbonyl (C=O) groups is 3. The van der Waals surface area contributed by atoms with Gasteiger partial charge in [0.2, 0.25) is 0 Å². The van der Waals surface area contributed by atoms with Gasteiger partial charge >= 0.3 is 5.97 Å². The Labute approximate surface area is 227 Å². The van der Waals surface area contributed by atoms with Crippen LogP contribution in [0.15, 0.2) is 78.4 Å². The third kappa shape index (κ3) is 6.12. The van der Waals surface area contributed by atoms with E-state index >= 15 is 0 Å². The molecule has 1 amide bonds. The zero-order valence-electron chi connectivity index (χ0n) is 22.1. The molecule has 2 N–H and O–H groups in total. The molecular weight excluding hydrogens is 498 g/mol. The number of ketones is 1. The summed E-state index contributed by atoms with van der Waals surface area (Å²) in [6.45, 7) is 6.55. The van der Waals surface area contributed by atoms with Crippen molar-refractivity contribution in [2.24, 2.45) is 5.92 Å². The smallest absolute Gasteiger partial charge is 0.338 e. The Bertz CT molecular complexity index is 1390.